The number of aromatic nitrogens is 2. The summed E-state index contributed by atoms with van der Waals surface area (Å²) in [7, 11) is 1.62. The first kappa shape index (κ1) is 9.47. The maximum atomic E-state index is 11.1. The first-order valence-electron chi connectivity index (χ1n) is 3.38. The summed E-state index contributed by atoms with van der Waals surface area (Å²) >= 11 is 2.86. The second kappa shape index (κ2) is 4.42. The van der Waals surface area contributed by atoms with Crippen molar-refractivity contribution in [2.75, 3.05) is 7.05 Å². The number of amides is 1. The SMILES string of the molecule is CNC(=O)C(C)Sc1nncs1. The molecular weight excluding hydrogens is 194 g/mol. The lowest BCUT2D eigenvalue weighted by Crippen LogP contribution is -2.27. The van der Waals surface area contributed by atoms with Crippen LogP contribution in [0.1, 0.15) is 6.92 Å². The van der Waals surface area contributed by atoms with Crippen molar-refractivity contribution >= 4 is 29.0 Å². The molecule has 0 radical (unpaired) electrons. The molecule has 1 N–H and O–H groups in total. The maximum Gasteiger partial charge on any atom is 0.233 e. The number of hydrogen-bond acceptors (Lipinski definition) is 5. The Labute approximate surface area is 78.8 Å². The molecule has 4 nitrogen and oxygen atoms in total. The summed E-state index contributed by atoms with van der Waals surface area (Å²) in [5, 5.41) is 9.97. The van der Waals surface area contributed by atoms with Crippen LogP contribution in [0.3, 0.4) is 0 Å². The van der Waals surface area contributed by atoms with E-state index in [-0.39, 0.29) is 11.2 Å². The normalized spacial score (nSPS) is 12.5. The van der Waals surface area contributed by atoms with E-state index in [1.54, 1.807) is 12.6 Å². The Kier molecular flexibility index (Phi) is 3.48. The molecule has 0 fully saturated rings. The van der Waals surface area contributed by atoms with Crippen molar-refractivity contribution in [1.29, 1.82) is 0 Å². The van der Waals surface area contributed by atoms with Gasteiger partial charge < -0.3 is 5.32 Å². The van der Waals surface area contributed by atoms with Gasteiger partial charge in [0.05, 0.1) is 5.25 Å². The van der Waals surface area contributed by atoms with E-state index >= 15 is 0 Å². The van der Waals surface area contributed by atoms with Crippen molar-refractivity contribution < 1.29 is 4.79 Å². The van der Waals surface area contributed by atoms with Gasteiger partial charge in [-0.3, -0.25) is 4.79 Å². The molecule has 6 heteroatoms. The van der Waals surface area contributed by atoms with Crippen molar-refractivity contribution in [1.82, 2.24) is 15.5 Å². The lowest BCUT2D eigenvalue weighted by atomic mass is 10.4. The van der Waals surface area contributed by atoms with Crippen LogP contribution < -0.4 is 5.32 Å². The van der Waals surface area contributed by atoms with Crippen LogP contribution in [-0.2, 0) is 4.79 Å². The van der Waals surface area contributed by atoms with Crippen LogP contribution in [0.25, 0.3) is 0 Å². The zero-order valence-electron chi connectivity index (χ0n) is 6.77. The van der Waals surface area contributed by atoms with Crippen molar-refractivity contribution in [2.24, 2.45) is 0 Å². The van der Waals surface area contributed by atoms with E-state index in [0.29, 0.717) is 0 Å². The molecule has 1 amide bonds. The highest BCUT2D eigenvalue weighted by molar-refractivity contribution is 8.02. The van der Waals surface area contributed by atoms with Crippen LogP contribution in [0, 0.1) is 0 Å². The lowest BCUT2D eigenvalue weighted by molar-refractivity contribution is -0.119. The molecule has 1 atom stereocenters. The average molecular weight is 203 g/mol. The molecule has 0 aliphatic heterocycles. The van der Waals surface area contributed by atoms with Gasteiger partial charge in [0.2, 0.25) is 5.91 Å². The van der Waals surface area contributed by atoms with Crippen LogP contribution in [0.5, 0.6) is 0 Å². The minimum absolute atomic E-state index is 0.00944. The molecule has 0 aliphatic rings. The van der Waals surface area contributed by atoms with Gasteiger partial charge in [0.1, 0.15) is 5.51 Å². The summed E-state index contributed by atoms with van der Waals surface area (Å²) in [6.07, 6.45) is 0. The Morgan fingerprint density at radius 2 is 2.58 bits per heavy atom. The highest BCUT2D eigenvalue weighted by atomic mass is 32.2. The zero-order chi connectivity index (χ0) is 8.97. The van der Waals surface area contributed by atoms with Crippen molar-refractivity contribution in [3.05, 3.63) is 5.51 Å². The topological polar surface area (TPSA) is 54.9 Å². The molecular formula is C6H9N3OS2. The second-order valence-corrected chi connectivity index (χ2v) is 4.50. The summed E-state index contributed by atoms with van der Waals surface area (Å²) < 4.78 is 0.825. The highest BCUT2D eigenvalue weighted by Gasteiger charge is 2.13. The van der Waals surface area contributed by atoms with E-state index in [4.69, 9.17) is 0 Å². The molecule has 0 saturated heterocycles. The van der Waals surface area contributed by atoms with Gasteiger partial charge in [-0.05, 0) is 6.92 Å². The van der Waals surface area contributed by atoms with Crippen molar-refractivity contribution in [3.63, 3.8) is 0 Å². The molecule has 0 spiro atoms. The largest absolute Gasteiger partial charge is 0.358 e. The number of hydrogen-bond donors (Lipinski definition) is 1. The van der Waals surface area contributed by atoms with E-state index in [1.165, 1.54) is 23.1 Å². The molecule has 1 aromatic heterocycles. The van der Waals surface area contributed by atoms with Crippen LogP contribution in [0.15, 0.2) is 9.85 Å². The van der Waals surface area contributed by atoms with E-state index in [0.717, 1.165) is 4.34 Å². The van der Waals surface area contributed by atoms with E-state index in [2.05, 4.69) is 15.5 Å². The predicted octanol–water partition coefficient (Wildman–Crippen LogP) is 0.765. The Bertz CT molecular complexity index is 249. The van der Waals surface area contributed by atoms with Crippen LogP contribution in [0.4, 0.5) is 0 Å². The molecule has 1 rings (SSSR count). The average Bonchev–Trinajstić information content (AvgIpc) is 2.55. The van der Waals surface area contributed by atoms with Gasteiger partial charge in [-0.15, -0.1) is 10.2 Å². The highest BCUT2D eigenvalue weighted by Crippen LogP contribution is 2.23. The van der Waals surface area contributed by atoms with Crippen molar-refractivity contribution in [3.8, 4) is 0 Å². The number of thioether (sulfide) groups is 1. The summed E-state index contributed by atoms with van der Waals surface area (Å²) in [5.41, 5.74) is 1.65. The lowest BCUT2D eigenvalue weighted by Gasteiger charge is -2.05. The summed E-state index contributed by atoms with van der Waals surface area (Å²) in [5.74, 6) is 0.00944. The quantitative estimate of drug-likeness (QED) is 0.737. The number of carbonyl (C=O) groups excluding carboxylic acids is 1. The molecule has 0 saturated carbocycles. The van der Waals surface area contributed by atoms with Crippen LogP contribution in [0.2, 0.25) is 0 Å². The van der Waals surface area contributed by atoms with Crippen molar-refractivity contribution in [2.45, 2.75) is 16.5 Å². The molecule has 1 heterocycles. The van der Waals surface area contributed by atoms with Gasteiger partial charge >= 0.3 is 0 Å². The van der Waals surface area contributed by atoms with Gasteiger partial charge in [0, 0.05) is 7.05 Å². The molecule has 1 aromatic rings. The Hall–Kier alpha value is -0.620. The minimum atomic E-state index is -0.108. The van der Waals surface area contributed by atoms with Gasteiger partial charge in [-0.25, -0.2) is 0 Å². The summed E-state index contributed by atoms with van der Waals surface area (Å²) in [6, 6.07) is 0. The van der Waals surface area contributed by atoms with E-state index in [9.17, 15) is 4.79 Å². The monoisotopic (exact) mass is 203 g/mol. The Balaban J connectivity index is 2.47. The van der Waals surface area contributed by atoms with Gasteiger partial charge in [0.25, 0.3) is 0 Å². The van der Waals surface area contributed by atoms with Crippen LogP contribution in [-0.4, -0.2) is 28.4 Å². The van der Waals surface area contributed by atoms with E-state index in [1.807, 2.05) is 6.92 Å². The molecule has 66 valence electrons. The predicted molar refractivity (Wildman–Crippen MR) is 49.3 cm³/mol. The van der Waals surface area contributed by atoms with Gasteiger partial charge in [0.15, 0.2) is 4.34 Å². The Morgan fingerprint density at radius 1 is 1.83 bits per heavy atom. The molecule has 1 unspecified atom stereocenters. The molecule has 0 aliphatic carbocycles. The first-order chi connectivity index (χ1) is 5.74. The molecule has 0 aromatic carbocycles. The van der Waals surface area contributed by atoms with Gasteiger partial charge in [-0.2, -0.15) is 0 Å². The standard InChI is InChI=1S/C6H9N3OS2/c1-4(5(10)7-2)12-6-9-8-3-11-6/h3-4H,1-2H3,(H,7,10). The third-order valence-corrected chi connectivity index (χ3v) is 3.14. The Morgan fingerprint density at radius 3 is 3.08 bits per heavy atom. The second-order valence-electron chi connectivity index (χ2n) is 2.08. The number of nitrogens with zero attached hydrogens (tertiary/aromatic N) is 2. The fourth-order valence-electron chi connectivity index (χ4n) is 0.622. The van der Waals surface area contributed by atoms with E-state index < -0.39 is 0 Å². The third-order valence-electron chi connectivity index (χ3n) is 1.23. The maximum absolute atomic E-state index is 11.1. The fraction of sp³-hybridized carbons (Fsp3) is 0.500. The zero-order valence-corrected chi connectivity index (χ0v) is 8.41. The number of carbonyl (C=O) groups is 1. The fourth-order valence-corrected chi connectivity index (χ4v) is 2.31. The summed E-state index contributed by atoms with van der Waals surface area (Å²) in [4.78, 5) is 11.1. The smallest absolute Gasteiger partial charge is 0.233 e. The first-order valence-corrected chi connectivity index (χ1v) is 5.14. The van der Waals surface area contributed by atoms with Crippen LogP contribution >= 0.6 is 23.1 Å². The molecule has 0 bridgehead atoms. The molecule has 12 heavy (non-hydrogen) atoms. The minimum Gasteiger partial charge on any atom is -0.358 e. The third kappa shape index (κ3) is 2.46. The number of nitrogens with one attached hydrogen (secondary N) is 1. The van der Waals surface area contributed by atoms with Gasteiger partial charge in [-0.1, -0.05) is 23.1 Å². The number of rotatable bonds is 3. The summed E-state index contributed by atoms with van der Waals surface area (Å²) in [6.45, 7) is 1.84.